The standard InChI is InChI=1S/C30H54O12.K.H/c1-2-3-4-5-6-7-8-9-10-11-12-13-14-15-16-17-26(35)42-28(37)19-30(39,29(38)41-23-25(34)21-32)18-27(36)40-22-24(33)20-31;;/h24-25,31-34,39H,2-23H2,1H3;;/q;+1;-1. The Kier molecular flexibility index (Phi) is 30.1. The van der Waals surface area contributed by atoms with Crippen LogP contribution < -0.4 is 51.4 Å². The Balaban J connectivity index is -0.00000840. The Morgan fingerprint density at radius 3 is 1.47 bits per heavy atom. The predicted molar refractivity (Wildman–Crippen MR) is 154 cm³/mol. The van der Waals surface area contributed by atoms with E-state index in [4.69, 9.17) is 14.9 Å². The molecule has 0 heterocycles. The van der Waals surface area contributed by atoms with Gasteiger partial charge in [-0.2, -0.15) is 0 Å². The topological polar surface area (TPSA) is 197 Å². The second-order valence-electron chi connectivity index (χ2n) is 10.9. The van der Waals surface area contributed by atoms with Crippen molar-refractivity contribution in [2.24, 2.45) is 0 Å². The average molecular weight is 647 g/mol. The summed E-state index contributed by atoms with van der Waals surface area (Å²) in [7, 11) is 0. The minimum atomic E-state index is -2.80. The maximum absolute atomic E-state index is 12.4. The Hall–Kier alpha value is -0.484. The van der Waals surface area contributed by atoms with Crippen LogP contribution in [0.25, 0.3) is 0 Å². The molecule has 0 fully saturated rings. The third-order valence-corrected chi connectivity index (χ3v) is 6.73. The number of unbranched alkanes of at least 4 members (excludes halogenated alkanes) is 14. The van der Waals surface area contributed by atoms with Gasteiger partial charge in [-0.15, -0.1) is 0 Å². The first kappa shape index (κ1) is 44.6. The molecule has 248 valence electrons. The van der Waals surface area contributed by atoms with Crippen molar-refractivity contribution in [2.45, 2.75) is 140 Å². The van der Waals surface area contributed by atoms with Gasteiger partial charge in [0.2, 0.25) is 0 Å². The molecule has 0 bridgehead atoms. The maximum Gasteiger partial charge on any atom is 1.00 e. The summed E-state index contributed by atoms with van der Waals surface area (Å²) in [5.41, 5.74) is -2.80. The van der Waals surface area contributed by atoms with Crippen LogP contribution in [-0.4, -0.2) is 93.6 Å². The number of carbonyl (C=O) groups excluding carboxylic acids is 4. The van der Waals surface area contributed by atoms with Crippen molar-refractivity contribution in [3.8, 4) is 0 Å². The molecular formula is C30H55KO12. The van der Waals surface area contributed by atoms with E-state index in [1.54, 1.807) is 0 Å². The zero-order valence-electron chi connectivity index (χ0n) is 27.3. The van der Waals surface area contributed by atoms with E-state index in [9.17, 15) is 34.5 Å². The van der Waals surface area contributed by atoms with Crippen LogP contribution in [0, 0.1) is 0 Å². The largest absolute Gasteiger partial charge is 1.00 e. The summed E-state index contributed by atoms with van der Waals surface area (Å²) in [6.45, 7) is -0.589. The van der Waals surface area contributed by atoms with E-state index in [2.05, 4.69) is 16.4 Å². The number of aliphatic hydroxyl groups excluding tert-OH is 4. The predicted octanol–water partition coefficient (Wildman–Crippen LogP) is -0.262. The zero-order valence-corrected chi connectivity index (χ0v) is 29.4. The third-order valence-electron chi connectivity index (χ3n) is 6.73. The maximum atomic E-state index is 12.4. The molecular weight excluding hydrogens is 591 g/mol. The molecule has 0 aromatic rings. The van der Waals surface area contributed by atoms with Gasteiger partial charge in [0.1, 0.15) is 25.4 Å². The van der Waals surface area contributed by atoms with Gasteiger partial charge in [-0.1, -0.05) is 96.8 Å². The van der Waals surface area contributed by atoms with E-state index in [1.807, 2.05) is 0 Å². The molecule has 5 N–H and O–H groups in total. The van der Waals surface area contributed by atoms with Crippen molar-refractivity contribution < 1.29 is 112 Å². The molecule has 0 rings (SSSR count). The first-order valence-electron chi connectivity index (χ1n) is 15.4. The van der Waals surface area contributed by atoms with Gasteiger partial charge in [0.05, 0.1) is 26.1 Å². The van der Waals surface area contributed by atoms with E-state index in [1.165, 1.54) is 64.2 Å². The molecule has 0 aromatic heterocycles. The van der Waals surface area contributed by atoms with Crippen molar-refractivity contribution in [1.29, 1.82) is 0 Å². The fourth-order valence-corrected chi connectivity index (χ4v) is 4.19. The number of carbonyl (C=O) groups is 4. The molecule has 0 spiro atoms. The number of aliphatic hydroxyl groups is 5. The van der Waals surface area contributed by atoms with Crippen LogP contribution in [0.4, 0.5) is 0 Å². The van der Waals surface area contributed by atoms with Crippen LogP contribution in [0.15, 0.2) is 0 Å². The van der Waals surface area contributed by atoms with Crippen molar-refractivity contribution >= 4 is 23.9 Å². The van der Waals surface area contributed by atoms with Crippen LogP contribution in [-0.2, 0) is 33.4 Å². The van der Waals surface area contributed by atoms with Crippen molar-refractivity contribution in [3.05, 3.63) is 0 Å². The molecule has 0 radical (unpaired) electrons. The molecule has 3 unspecified atom stereocenters. The summed E-state index contributed by atoms with van der Waals surface area (Å²) in [6.07, 6.45) is 12.3. The van der Waals surface area contributed by atoms with Crippen molar-refractivity contribution in [3.63, 3.8) is 0 Å². The molecule has 12 nitrogen and oxygen atoms in total. The van der Waals surface area contributed by atoms with Gasteiger partial charge in [0, 0.05) is 6.42 Å². The van der Waals surface area contributed by atoms with Crippen molar-refractivity contribution in [1.82, 2.24) is 0 Å². The van der Waals surface area contributed by atoms with Crippen LogP contribution in [0.5, 0.6) is 0 Å². The van der Waals surface area contributed by atoms with E-state index in [0.717, 1.165) is 25.7 Å². The minimum absolute atomic E-state index is 0. The van der Waals surface area contributed by atoms with Crippen LogP contribution in [0.2, 0.25) is 0 Å². The Morgan fingerprint density at radius 2 is 1.02 bits per heavy atom. The van der Waals surface area contributed by atoms with Crippen LogP contribution in [0.1, 0.15) is 124 Å². The first-order chi connectivity index (χ1) is 20.1. The Morgan fingerprint density at radius 1 is 0.628 bits per heavy atom. The van der Waals surface area contributed by atoms with Gasteiger partial charge < -0.3 is 41.2 Å². The molecule has 43 heavy (non-hydrogen) atoms. The second-order valence-corrected chi connectivity index (χ2v) is 10.9. The van der Waals surface area contributed by atoms with Crippen LogP contribution in [0.3, 0.4) is 0 Å². The van der Waals surface area contributed by atoms with Gasteiger partial charge in [-0.05, 0) is 6.42 Å². The normalized spacial score (nSPS) is 13.7. The molecule has 0 saturated carbocycles. The number of hydrogen-bond acceptors (Lipinski definition) is 12. The number of rotatable bonds is 27. The fourth-order valence-electron chi connectivity index (χ4n) is 4.19. The number of ether oxygens (including phenoxy) is 3. The van der Waals surface area contributed by atoms with E-state index in [-0.39, 0.29) is 59.2 Å². The third kappa shape index (κ3) is 25.4. The molecule has 0 aliphatic carbocycles. The first-order valence-corrected chi connectivity index (χ1v) is 15.4. The Bertz CT molecular complexity index is 758. The van der Waals surface area contributed by atoms with Gasteiger partial charge in [0.15, 0.2) is 5.60 Å². The van der Waals surface area contributed by atoms with E-state index in [0.29, 0.717) is 6.42 Å². The summed E-state index contributed by atoms with van der Waals surface area (Å²) in [6, 6.07) is 0. The van der Waals surface area contributed by atoms with Crippen molar-refractivity contribution in [2.75, 3.05) is 26.4 Å². The average Bonchev–Trinajstić information content (AvgIpc) is 2.95. The molecule has 0 saturated heterocycles. The minimum Gasteiger partial charge on any atom is -1.00 e. The van der Waals surface area contributed by atoms with Gasteiger partial charge in [-0.25, -0.2) is 4.79 Å². The van der Waals surface area contributed by atoms with Crippen LogP contribution >= 0.6 is 0 Å². The SMILES string of the molecule is CCCCCCCCCCCCCCCCCC(=O)OC(=O)CC(O)(CC(=O)OCC(O)CO)C(=O)OCC(O)CO.[H-].[K+]. The fraction of sp³-hybridized carbons (Fsp3) is 0.867. The molecule has 3 atom stereocenters. The number of esters is 4. The summed E-state index contributed by atoms with van der Waals surface area (Å²) in [5, 5.41) is 47.0. The van der Waals surface area contributed by atoms with E-state index < -0.39 is 81.0 Å². The summed E-state index contributed by atoms with van der Waals surface area (Å²) < 4.78 is 14.0. The Labute approximate surface area is 300 Å². The molecule has 13 heteroatoms. The molecule has 0 aromatic carbocycles. The number of hydrogen-bond donors (Lipinski definition) is 5. The summed E-state index contributed by atoms with van der Waals surface area (Å²) in [4.78, 5) is 48.9. The monoisotopic (exact) mass is 646 g/mol. The zero-order chi connectivity index (χ0) is 31.6. The van der Waals surface area contributed by atoms with Gasteiger partial charge >= 0.3 is 75.3 Å². The summed E-state index contributed by atoms with van der Waals surface area (Å²) >= 11 is 0. The molecule has 0 aliphatic heterocycles. The summed E-state index contributed by atoms with van der Waals surface area (Å²) in [5.74, 6) is -4.80. The van der Waals surface area contributed by atoms with Gasteiger partial charge in [-0.3, -0.25) is 14.4 Å². The molecule has 0 amide bonds. The van der Waals surface area contributed by atoms with Gasteiger partial charge in [0.25, 0.3) is 0 Å². The quantitative estimate of drug-likeness (QED) is 0.0258. The van der Waals surface area contributed by atoms with E-state index >= 15 is 0 Å². The smallest absolute Gasteiger partial charge is 1.00 e. The second kappa shape index (κ2) is 29.0. The molecule has 0 aliphatic rings.